The molecule has 0 saturated carbocycles. The number of hydrogen-bond donors (Lipinski definition) is 2. The number of rotatable bonds is 6. The van der Waals surface area contributed by atoms with Gasteiger partial charge >= 0.3 is 0 Å². The van der Waals surface area contributed by atoms with Gasteiger partial charge in [-0.05, 0) is 49.9 Å². The Hall–Kier alpha value is -2.80. The fourth-order valence-corrected chi connectivity index (χ4v) is 3.73. The lowest BCUT2D eigenvalue weighted by Gasteiger charge is -2.27. The van der Waals surface area contributed by atoms with Gasteiger partial charge in [0, 0.05) is 6.20 Å². The van der Waals surface area contributed by atoms with E-state index in [0.29, 0.717) is 23.5 Å². The van der Waals surface area contributed by atoms with E-state index in [9.17, 15) is 9.18 Å². The third-order valence-corrected chi connectivity index (χ3v) is 5.41. The van der Waals surface area contributed by atoms with Crippen LogP contribution in [0.15, 0.2) is 48.7 Å². The number of halogens is 1. The van der Waals surface area contributed by atoms with E-state index in [-0.39, 0.29) is 11.9 Å². The highest BCUT2D eigenvalue weighted by Crippen LogP contribution is 2.23. The number of nitrogens with one attached hydrogen (secondary N) is 2. The van der Waals surface area contributed by atoms with E-state index in [4.69, 9.17) is 0 Å². The van der Waals surface area contributed by atoms with Crippen molar-refractivity contribution in [2.45, 2.75) is 44.4 Å². The minimum atomic E-state index is -0.584. The number of fused-ring (bicyclic) bond motifs is 1. The monoisotopic (exact) mass is 381 g/mol. The molecule has 0 radical (unpaired) electrons. The molecule has 1 fully saturated rings. The molecule has 1 saturated heterocycles. The van der Waals surface area contributed by atoms with Gasteiger partial charge in [0.25, 0.3) is 0 Å². The number of carbonyl (C=O) groups is 1. The Balaban J connectivity index is 1.69. The van der Waals surface area contributed by atoms with E-state index >= 15 is 0 Å². The van der Waals surface area contributed by atoms with Crippen LogP contribution in [-0.4, -0.2) is 32.6 Å². The molecule has 1 aliphatic heterocycles. The van der Waals surface area contributed by atoms with Gasteiger partial charge in [0.1, 0.15) is 6.67 Å². The van der Waals surface area contributed by atoms with Crippen molar-refractivity contribution in [1.82, 2.24) is 25.2 Å². The van der Waals surface area contributed by atoms with Gasteiger partial charge in [-0.15, -0.1) is 10.2 Å². The van der Waals surface area contributed by atoms with Crippen LogP contribution in [0.4, 0.5) is 4.39 Å². The maximum atomic E-state index is 13.2. The molecular weight excluding hydrogens is 357 g/mol. The van der Waals surface area contributed by atoms with Gasteiger partial charge in [-0.1, -0.05) is 36.4 Å². The molecule has 2 N–H and O–H groups in total. The summed E-state index contributed by atoms with van der Waals surface area (Å²) in [5.41, 5.74) is 1.67. The van der Waals surface area contributed by atoms with Gasteiger partial charge < -0.3 is 10.6 Å². The normalized spacial score (nSPS) is 20.4. The van der Waals surface area contributed by atoms with Crippen molar-refractivity contribution in [2.24, 2.45) is 0 Å². The molecule has 1 amide bonds. The molecule has 7 heteroatoms. The van der Waals surface area contributed by atoms with Crippen molar-refractivity contribution >= 4 is 11.6 Å². The fraction of sp³-hybridized carbons (Fsp3) is 0.381. The molecule has 3 heterocycles. The number of carbonyl (C=O) groups excluding carboxylic acids is 1. The maximum absolute atomic E-state index is 13.2. The van der Waals surface area contributed by atoms with Crippen LogP contribution in [0.2, 0.25) is 0 Å². The van der Waals surface area contributed by atoms with Crippen molar-refractivity contribution in [3.05, 3.63) is 65.6 Å². The summed E-state index contributed by atoms with van der Waals surface area (Å²) in [4.78, 5) is 13.0. The molecule has 0 aliphatic carbocycles. The van der Waals surface area contributed by atoms with Crippen LogP contribution in [0.3, 0.4) is 0 Å². The Morgan fingerprint density at radius 3 is 2.79 bits per heavy atom. The topological polar surface area (TPSA) is 71.3 Å². The molecule has 2 atom stereocenters. The Morgan fingerprint density at radius 1 is 1.25 bits per heavy atom. The van der Waals surface area contributed by atoms with Crippen molar-refractivity contribution in [3.63, 3.8) is 0 Å². The van der Waals surface area contributed by atoms with Gasteiger partial charge in [-0.2, -0.15) is 0 Å². The molecule has 0 bridgehead atoms. The van der Waals surface area contributed by atoms with Gasteiger partial charge in [0.05, 0.1) is 11.6 Å². The van der Waals surface area contributed by atoms with Gasteiger partial charge in [-0.25, -0.2) is 4.39 Å². The Bertz CT molecular complexity index is 965. The summed E-state index contributed by atoms with van der Waals surface area (Å²) >= 11 is 0. The van der Waals surface area contributed by atoms with Crippen LogP contribution in [-0.2, 0) is 17.9 Å². The average Bonchev–Trinajstić information content (AvgIpc) is 3.35. The minimum Gasteiger partial charge on any atom is -0.344 e. The van der Waals surface area contributed by atoms with Gasteiger partial charge in [0.15, 0.2) is 11.5 Å². The number of benzene rings is 1. The van der Waals surface area contributed by atoms with Crippen molar-refractivity contribution in [2.75, 3.05) is 6.54 Å². The number of amides is 1. The summed E-state index contributed by atoms with van der Waals surface area (Å²) in [6.45, 7) is 2.20. The third kappa shape index (κ3) is 3.62. The van der Waals surface area contributed by atoms with Crippen LogP contribution < -0.4 is 10.6 Å². The molecule has 0 spiro atoms. The first-order valence-corrected chi connectivity index (χ1v) is 9.58. The highest BCUT2D eigenvalue weighted by Gasteiger charge is 2.37. The Kier molecular flexibility index (Phi) is 5.09. The first kappa shape index (κ1) is 18.6. The van der Waals surface area contributed by atoms with Crippen LogP contribution in [0.5, 0.6) is 0 Å². The van der Waals surface area contributed by atoms with E-state index in [1.165, 1.54) is 0 Å². The van der Waals surface area contributed by atoms with Crippen LogP contribution in [0, 0.1) is 0 Å². The van der Waals surface area contributed by atoms with Crippen LogP contribution in [0.25, 0.3) is 5.65 Å². The van der Waals surface area contributed by atoms with E-state index in [2.05, 4.69) is 20.8 Å². The van der Waals surface area contributed by atoms with E-state index in [0.717, 1.165) is 24.9 Å². The maximum Gasteiger partial charge on any atom is 0.240 e. The van der Waals surface area contributed by atoms with Crippen molar-refractivity contribution < 1.29 is 9.18 Å². The third-order valence-electron chi connectivity index (χ3n) is 5.41. The Morgan fingerprint density at radius 2 is 2.07 bits per heavy atom. The number of nitrogens with zero attached hydrogens (tertiary/aromatic N) is 3. The zero-order valence-electron chi connectivity index (χ0n) is 15.9. The molecule has 1 unspecified atom stereocenters. The SMILES string of the molecule is CC1(C(=O)N[C@H](Cc2ccccc2)c2nnc3ccc(CF)cn23)CCCN1. The molecule has 146 valence electrons. The predicted octanol–water partition coefficient (Wildman–Crippen LogP) is 2.74. The first-order valence-electron chi connectivity index (χ1n) is 9.58. The Labute approximate surface area is 163 Å². The summed E-state index contributed by atoms with van der Waals surface area (Å²) < 4.78 is 14.9. The molecule has 6 nitrogen and oxygen atoms in total. The predicted molar refractivity (Wildman–Crippen MR) is 104 cm³/mol. The zero-order valence-corrected chi connectivity index (χ0v) is 15.9. The fourth-order valence-electron chi connectivity index (χ4n) is 3.73. The van der Waals surface area contributed by atoms with E-state index < -0.39 is 12.2 Å². The standard InChI is InChI=1S/C21H24FN5O/c1-21(10-5-11-23-21)20(28)24-17(12-15-6-3-2-4-7-15)19-26-25-18-9-8-16(13-22)14-27(18)19/h2-4,6-9,14,17,23H,5,10-13H2,1H3,(H,24,28)/t17-,21?/m1/s1. The summed E-state index contributed by atoms with van der Waals surface area (Å²) in [6, 6.07) is 13.0. The van der Waals surface area contributed by atoms with Gasteiger partial charge in [0.2, 0.25) is 5.91 Å². The number of hydrogen-bond acceptors (Lipinski definition) is 4. The molecule has 1 aliphatic rings. The highest BCUT2D eigenvalue weighted by atomic mass is 19.1. The van der Waals surface area contributed by atoms with E-state index in [1.807, 2.05) is 37.3 Å². The number of aromatic nitrogens is 3. The van der Waals surface area contributed by atoms with Crippen LogP contribution >= 0.6 is 0 Å². The summed E-state index contributed by atoms with van der Waals surface area (Å²) in [5.74, 6) is 0.549. The van der Waals surface area contributed by atoms with Crippen molar-refractivity contribution in [1.29, 1.82) is 0 Å². The molecule has 2 aromatic heterocycles. The van der Waals surface area contributed by atoms with Crippen LogP contribution in [0.1, 0.15) is 42.8 Å². The number of alkyl halides is 1. The molecule has 1 aromatic carbocycles. The lowest BCUT2D eigenvalue weighted by Crippen LogP contribution is -2.52. The molecule has 4 rings (SSSR count). The van der Waals surface area contributed by atoms with Gasteiger partial charge in [-0.3, -0.25) is 9.20 Å². The average molecular weight is 381 g/mol. The summed E-state index contributed by atoms with van der Waals surface area (Å²) in [7, 11) is 0. The summed E-state index contributed by atoms with van der Waals surface area (Å²) in [6.07, 6.45) is 4.04. The second kappa shape index (κ2) is 7.67. The molecule has 28 heavy (non-hydrogen) atoms. The quantitative estimate of drug-likeness (QED) is 0.689. The first-order chi connectivity index (χ1) is 13.6. The molecule has 3 aromatic rings. The highest BCUT2D eigenvalue weighted by molar-refractivity contribution is 5.86. The zero-order chi connectivity index (χ0) is 19.6. The smallest absolute Gasteiger partial charge is 0.240 e. The minimum absolute atomic E-state index is 0.0515. The second-order valence-corrected chi connectivity index (χ2v) is 7.54. The number of pyridine rings is 1. The van der Waals surface area contributed by atoms with E-state index in [1.54, 1.807) is 22.7 Å². The summed E-state index contributed by atoms with van der Waals surface area (Å²) in [5, 5.41) is 15.0. The second-order valence-electron chi connectivity index (χ2n) is 7.54. The van der Waals surface area contributed by atoms with Crippen molar-refractivity contribution in [3.8, 4) is 0 Å². The lowest BCUT2D eigenvalue weighted by atomic mass is 9.97. The lowest BCUT2D eigenvalue weighted by molar-refractivity contribution is -0.127. The molecular formula is C21H24FN5O. The largest absolute Gasteiger partial charge is 0.344 e.